The Morgan fingerprint density at radius 2 is 1.71 bits per heavy atom. The number of carbonyl (C=O) groups excluding carboxylic acids is 1. The lowest BCUT2D eigenvalue weighted by Crippen LogP contribution is -2.31. The van der Waals surface area contributed by atoms with Crippen molar-refractivity contribution in [1.82, 2.24) is 5.32 Å². The molecule has 0 heterocycles. The van der Waals surface area contributed by atoms with Crippen LogP contribution in [-0.4, -0.2) is 19.7 Å². The van der Waals surface area contributed by atoms with Gasteiger partial charge >= 0.3 is 6.03 Å². The number of amides is 2. The predicted octanol–water partition coefficient (Wildman–Crippen LogP) is 4.18. The molecule has 0 saturated carbocycles. The fourth-order valence-corrected chi connectivity index (χ4v) is 2.71. The summed E-state index contributed by atoms with van der Waals surface area (Å²) in [6.07, 6.45) is 2.56. The highest BCUT2D eigenvalue weighted by atomic mass is 16.5. The summed E-state index contributed by atoms with van der Waals surface area (Å²) >= 11 is 0. The molecule has 0 spiro atoms. The van der Waals surface area contributed by atoms with Gasteiger partial charge in [0.15, 0.2) is 0 Å². The highest BCUT2D eigenvalue weighted by Crippen LogP contribution is 2.22. The van der Waals surface area contributed by atoms with E-state index in [2.05, 4.69) is 36.6 Å². The molecule has 0 fully saturated rings. The van der Waals surface area contributed by atoms with Gasteiger partial charge in [-0.05, 0) is 48.1 Å². The zero-order valence-electron chi connectivity index (χ0n) is 14.7. The van der Waals surface area contributed by atoms with Crippen molar-refractivity contribution in [3.05, 3.63) is 59.2 Å². The molecule has 0 saturated heterocycles. The first kappa shape index (κ1) is 17.9. The highest BCUT2D eigenvalue weighted by Gasteiger charge is 2.09. The van der Waals surface area contributed by atoms with Gasteiger partial charge in [0.1, 0.15) is 5.75 Å². The van der Waals surface area contributed by atoms with Crippen LogP contribution < -0.4 is 15.4 Å². The van der Waals surface area contributed by atoms with E-state index in [1.54, 1.807) is 7.11 Å². The molecule has 4 heteroatoms. The van der Waals surface area contributed by atoms with E-state index in [-0.39, 0.29) is 6.03 Å². The van der Waals surface area contributed by atoms with Crippen molar-refractivity contribution >= 4 is 11.7 Å². The lowest BCUT2D eigenvalue weighted by Gasteiger charge is -2.15. The molecule has 0 aliphatic rings. The molecular formula is C20H26N2O2. The fourth-order valence-electron chi connectivity index (χ4n) is 2.71. The van der Waals surface area contributed by atoms with Gasteiger partial charge in [-0.25, -0.2) is 4.79 Å². The Kier molecular flexibility index (Phi) is 6.67. The SMILES string of the molecule is CCc1cccc(CC)c1NC(=O)NCCc1cccc(OC)c1. The van der Waals surface area contributed by atoms with Crippen LogP contribution in [0.15, 0.2) is 42.5 Å². The minimum absolute atomic E-state index is 0.159. The third-order valence-electron chi connectivity index (χ3n) is 4.07. The summed E-state index contributed by atoms with van der Waals surface area (Å²) in [7, 11) is 1.65. The second-order valence-electron chi connectivity index (χ2n) is 5.64. The second-order valence-corrected chi connectivity index (χ2v) is 5.64. The molecule has 0 unspecified atom stereocenters. The van der Waals surface area contributed by atoms with Gasteiger partial charge in [0, 0.05) is 12.2 Å². The van der Waals surface area contributed by atoms with Crippen LogP contribution in [0, 0.1) is 0 Å². The van der Waals surface area contributed by atoms with Crippen LogP contribution in [0.1, 0.15) is 30.5 Å². The summed E-state index contributed by atoms with van der Waals surface area (Å²) in [6, 6.07) is 13.9. The van der Waals surface area contributed by atoms with Crippen LogP contribution in [0.5, 0.6) is 5.75 Å². The molecule has 2 N–H and O–H groups in total. The maximum Gasteiger partial charge on any atom is 0.319 e. The van der Waals surface area contributed by atoms with Gasteiger partial charge in [-0.1, -0.05) is 44.2 Å². The number of para-hydroxylation sites is 1. The van der Waals surface area contributed by atoms with Gasteiger partial charge in [0.2, 0.25) is 0 Å². The molecule has 2 rings (SSSR count). The first-order valence-electron chi connectivity index (χ1n) is 8.46. The van der Waals surface area contributed by atoms with Gasteiger partial charge in [-0.2, -0.15) is 0 Å². The van der Waals surface area contributed by atoms with E-state index >= 15 is 0 Å². The van der Waals surface area contributed by atoms with Gasteiger partial charge in [-0.3, -0.25) is 0 Å². The van der Waals surface area contributed by atoms with Crippen LogP contribution in [0.4, 0.5) is 10.5 Å². The Labute approximate surface area is 144 Å². The van der Waals surface area contributed by atoms with Crippen molar-refractivity contribution < 1.29 is 9.53 Å². The topological polar surface area (TPSA) is 50.4 Å². The van der Waals surface area contributed by atoms with Crippen molar-refractivity contribution in [3.63, 3.8) is 0 Å². The molecule has 2 aromatic carbocycles. The smallest absolute Gasteiger partial charge is 0.319 e. The Morgan fingerprint density at radius 3 is 2.33 bits per heavy atom. The molecular weight excluding hydrogens is 300 g/mol. The van der Waals surface area contributed by atoms with Crippen LogP contribution in [0.25, 0.3) is 0 Å². The van der Waals surface area contributed by atoms with Gasteiger partial charge in [0.25, 0.3) is 0 Å². The maximum atomic E-state index is 12.2. The van der Waals surface area contributed by atoms with E-state index < -0.39 is 0 Å². The zero-order valence-corrected chi connectivity index (χ0v) is 14.7. The number of hydrogen-bond acceptors (Lipinski definition) is 2. The van der Waals surface area contributed by atoms with E-state index in [9.17, 15) is 4.79 Å². The first-order valence-corrected chi connectivity index (χ1v) is 8.46. The van der Waals surface area contributed by atoms with E-state index in [0.29, 0.717) is 6.54 Å². The minimum atomic E-state index is -0.159. The number of aryl methyl sites for hydroxylation is 2. The normalized spacial score (nSPS) is 10.3. The van der Waals surface area contributed by atoms with Gasteiger partial charge < -0.3 is 15.4 Å². The molecule has 0 aromatic heterocycles. The first-order chi connectivity index (χ1) is 11.7. The summed E-state index contributed by atoms with van der Waals surface area (Å²) in [4.78, 5) is 12.2. The predicted molar refractivity (Wildman–Crippen MR) is 98.9 cm³/mol. The number of rotatable bonds is 7. The number of benzene rings is 2. The molecule has 24 heavy (non-hydrogen) atoms. The van der Waals surface area contributed by atoms with Crippen molar-refractivity contribution in [2.45, 2.75) is 33.1 Å². The van der Waals surface area contributed by atoms with Gasteiger partial charge in [-0.15, -0.1) is 0 Å². The largest absolute Gasteiger partial charge is 0.497 e. The number of carbonyl (C=O) groups is 1. The van der Waals surface area contributed by atoms with E-state index in [1.165, 1.54) is 0 Å². The third kappa shape index (κ3) is 4.75. The molecule has 128 valence electrons. The molecule has 0 atom stereocenters. The average molecular weight is 326 g/mol. The quantitative estimate of drug-likeness (QED) is 0.802. The van der Waals surface area contributed by atoms with Crippen molar-refractivity contribution in [2.24, 2.45) is 0 Å². The zero-order chi connectivity index (χ0) is 17.4. The Hall–Kier alpha value is -2.49. The van der Waals surface area contributed by atoms with Crippen molar-refractivity contribution in [3.8, 4) is 5.75 Å². The molecule has 0 radical (unpaired) electrons. The molecule has 4 nitrogen and oxygen atoms in total. The lowest BCUT2D eigenvalue weighted by molar-refractivity contribution is 0.252. The molecule has 2 amide bonds. The van der Waals surface area contributed by atoms with Crippen LogP contribution in [0.2, 0.25) is 0 Å². The molecule has 0 aliphatic carbocycles. The third-order valence-corrected chi connectivity index (χ3v) is 4.07. The number of nitrogens with one attached hydrogen (secondary N) is 2. The van der Waals surface area contributed by atoms with Crippen LogP contribution in [0.3, 0.4) is 0 Å². The lowest BCUT2D eigenvalue weighted by atomic mass is 10.0. The number of methoxy groups -OCH3 is 1. The highest BCUT2D eigenvalue weighted by molar-refractivity contribution is 5.91. The summed E-state index contributed by atoms with van der Waals surface area (Å²) in [6.45, 7) is 4.77. The van der Waals surface area contributed by atoms with E-state index in [1.807, 2.05) is 30.3 Å². The summed E-state index contributed by atoms with van der Waals surface area (Å²) < 4.78 is 5.21. The van der Waals surface area contributed by atoms with Crippen LogP contribution in [-0.2, 0) is 19.3 Å². The monoisotopic (exact) mass is 326 g/mol. The van der Waals surface area contributed by atoms with E-state index in [4.69, 9.17) is 4.74 Å². The summed E-state index contributed by atoms with van der Waals surface area (Å²) in [5.41, 5.74) is 4.41. The average Bonchev–Trinajstić information content (AvgIpc) is 2.62. The summed E-state index contributed by atoms with van der Waals surface area (Å²) in [5.74, 6) is 0.835. The van der Waals surface area contributed by atoms with Crippen LogP contribution >= 0.6 is 0 Å². The molecule has 0 bridgehead atoms. The maximum absolute atomic E-state index is 12.2. The summed E-state index contributed by atoms with van der Waals surface area (Å²) in [5, 5.41) is 5.94. The van der Waals surface area contributed by atoms with Crippen molar-refractivity contribution in [1.29, 1.82) is 0 Å². The number of ether oxygens (including phenoxy) is 1. The van der Waals surface area contributed by atoms with Crippen molar-refractivity contribution in [2.75, 3.05) is 19.0 Å². The standard InChI is InChI=1S/C20H26N2O2/c1-4-16-9-7-10-17(5-2)19(16)22-20(23)21-13-12-15-8-6-11-18(14-15)24-3/h6-11,14H,4-5,12-13H2,1-3H3,(H2,21,22,23). The Balaban J connectivity index is 1.92. The van der Waals surface area contributed by atoms with Gasteiger partial charge in [0.05, 0.1) is 7.11 Å². The number of hydrogen-bond donors (Lipinski definition) is 2. The number of anilines is 1. The Bertz CT molecular complexity index is 661. The second kappa shape index (κ2) is 8.96. The molecule has 2 aromatic rings. The Morgan fingerprint density at radius 1 is 1.04 bits per heavy atom. The fraction of sp³-hybridized carbons (Fsp3) is 0.350. The molecule has 0 aliphatic heterocycles. The minimum Gasteiger partial charge on any atom is -0.497 e. The van der Waals surface area contributed by atoms with E-state index in [0.717, 1.165) is 47.4 Å². The number of urea groups is 1.